The lowest BCUT2D eigenvalue weighted by Crippen LogP contribution is -2.15. The fourth-order valence-electron chi connectivity index (χ4n) is 3.04. The average molecular weight is 477 g/mol. The van der Waals surface area contributed by atoms with Gasteiger partial charge >= 0.3 is 0 Å². The number of aromatic nitrogens is 3. The molecule has 2 aromatic carbocycles. The van der Waals surface area contributed by atoms with Gasteiger partial charge in [0.1, 0.15) is 23.9 Å². The predicted octanol–water partition coefficient (Wildman–Crippen LogP) is 4.41. The highest BCUT2D eigenvalue weighted by Gasteiger charge is 2.15. The normalized spacial score (nSPS) is 10.7. The molecule has 0 spiro atoms. The van der Waals surface area contributed by atoms with Crippen LogP contribution in [0.15, 0.2) is 35.5 Å². The third-order valence-corrected chi connectivity index (χ3v) is 5.88. The van der Waals surface area contributed by atoms with Crippen LogP contribution in [0.4, 0.5) is 5.69 Å². The van der Waals surface area contributed by atoms with Gasteiger partial charge in [-0.2, -0.15) is 0 Å². The molecule has 10 heteroatoms. The van der Waals surface area contributed by atoms with Gasteiger partial charge in [-0.05, 0) is 37.1 Å². The summed E-state index contributed by atoms with van der Waals surface area (Å²) in [4.78, 5) is 12.5. The van der Waals surface area contributed by atoms with Crippen molar-refractivity contribution in [3.05, 3.63) is 52.3 Å². The minimum Gasteiger partial charge on any atom is -0.495 e. The number of rotatable bonds is 9. The highest BCUT2D eigenvalue weighted by Crippen LogP contribution is 2.36. The van der Waals surface area contributed by atoms with Crippen molar-refractivity contribution in [2.75, 3.05) is 25.3 Å². The number of carbonyl (C=O) groups excluding carboxylic acids is 1. The van der Waals surface area contributed by atoms with Gasteiger partial charge in [-0.3, -0.25) is 4.79 Å². The van der Waals surface area contributed by atoms with Crippen molar-refractivity contribution in [3.63, 3.8) is 0 Å². The van der Waals surface area contributed by atoms with Crippen LogP contribution in [0.2, 0.25) is 5.02 Å². The number of hydrogen-bond donors (Lipinski definition) is 1. The number of amides is 1. The summed E-state index contributed by atoms with van der Waals surface area (Å²) in [5.41, 5.74) is 2.74. The van der Waals surface area contributed by atoms with Crippen LogP contribution < -0.4 is 19.5 Å². The first-order valence-electron chi connectivity index (χ1n) is 9.74. The molecule has 0 fully saturated rings. The zero-order chi connectivity index (χ0) is 23.3. The standard InChI is InChI=1S/C22H25ClN4O4S/c1-13-6-14(2)8-15(7-13)31-11-20-25-26-22(27(20)3)32-12-21(28)24-17-10-18(29-4)16(23)9-19(17)30-5/h6-10H,11-12H2,1-5H3,(H,24,28). The fourth-order valence-corrected chi connectivity index (χ4v) is 4.00. The van der Waals surface area contributed by atoms with E-state index < -0.39 is 0 Å². The minimum absolute atomic E-state index is 0.137. The van der Waals surface area contributed by atoms with Crippen molar-refractivity contribution >= 4 is 35.0 Å². The molecule has 0 saturated heterocycles. The Balaban J connectivity index is 1.59. The van der Waals surface area contributed by atoms with Crippen LogP contribution in [-0.2, 0) is 18.4 Å². The maximum atomic E-state index is 12.5. The van der Waals surface area contributed by atoms with Crippen LogP contribution in [-0.4, -0.2) is 40.6 Å². The van der Waals surface area contributed by atoms with Crippen LogP contribution in [0.1, 0.15) is 17.0 Å². The number of methoxy groups -OCH3 is 2. The Labute approximate surface area is 196 Å². The van der Waals surface area contributed by atoms with Crippen molar-refractivity contribution in [3.8, 4) is 17.2 Å². The molecule has 32 heavy (non-hydrogen) atoms. The molecule has 0 aliphatic carbocycles. The Morgan fingerprint density at radius 3 is 2.41 bits per heavy atom. The summed E-state index contributed by atoms with van der Waals surface area (Å²) < 4.78 is 18.2. The van der Waals surface area contributed by atoms with E-state index in [1.807, 2.05) is 37.6 Å². The van der Waals surface area contributed by atoms with E-state index in [1.165, 1.54) is 26.0 Å². The topological polar surface area (TPSA) is 87.5 Å². The number of aryl methyl sites for hydroxylation is 2. The molecular formula is C22H25ClN4O4S. The molecule has 0 radical (unpaired) electrons. The first-order valence-corrected chi connectivity index (χ1v) is 11.1. The molecule has 1 aromatic heterocycles. The summed E-state index contributed by atoms with van der Waals surface area (Å²) in [5, 5.41) is 12.2. The van der Waals surface area contributed by atoms with Gasteiger partial charge in [0.15, 0.2) is 11.0 Å². The number of halogens is 1. The lowest BCUT2D eigenvalue weighted by Gasteiger charge is -2.13. The Bertz CT molecular complexity index is 1100. The molecule has 0 unspecified atom stereocenters. The van der Waals surface area contributed by atoms with E-state index in [0.717, 1.165) is 16.9 Å². The van der Waals surface area contributed by atoms with Gasteiger partial charge in [0, 0.05) is 19.2 Å². The van der Waals surface area contributed by atoms with Crippen LogP contribution in [0.25, 0.3) is 0 Å². The zero-order valence-corrected chi connectivity index (χ0v) is 20.1. The van der Waals surface area contributed by atoms with Gasteiger partial charge in [0.2, 0.25) is 5.91 Å². The van der Waals surface area contributed by atoms with Crippen molar-refractivity contribution in [2.24, 2.45) is 7.05 Å². The third kappa shape index (κ3) is 5.86. The summed E-state index contributed by atoms with van der Waals surface area (Å²) in [6.07, 6.45) is 0. The number of nitrogens with one attached hydrogen (secondary N) is 1. The molecule has 0 aliphatic heterocycles. The van der Waals surface area contributed by atoms with Gasteiger partial charge in [-0.15, -0.1) is 10.2 Å². The SMILES string of the molecule is COc1cc(NC(=O)CSc2nnc(COc3cc(C)cc(C)c3)n2C)c(OC)cc1Cl. The van der Waals surface area contributed by atoms with Gasteiger partial charge < -0.3 is 24.1 Å². The molecule has 1 heterocycles. The van der Waals surface area contributed by atoms with E-state index in [0.29, 0.717) is 33.2 Å². The molecule has 3 rings (SSSR count). The van der Waals surface area contributed by atoms with E-state index in [2.05, 4.69) is 21.6 Å². The maximum Gasteiger partial charge on any atom is 0.234 e. The quantitative estimate of drug-likeness (QED) is 0.457. The van der Waals surface area contributed by atoms with Gasteiger partial charge in [0.25, 0.3) is 0 Å². The lowest BCUT2D eigenvalue weighted by atomic mass is 10.1. The maximum absolute atomic E-state index is 12.5. The van der Waals surface area contributed by atoms with Gasteiger partial charge in [-0.1, -0.05) is 29.4 Å². The number of carbonyl (C=O) groups is 1. The van der Waals surface area contributed by atoms with Gasteiger partial charge in [0.05, 0.1) is 30.7 Å². The van der Waals surface area contributed by atoms with E-state index in [-0.39, 0.29) is 18.3 Å². The van der Waals surface area contributed by atoms with Crippen LogP contribution in [0.3, 0.4) is 0 Å². The number of ether oxygens (including phenoxy) is 3. The van der Waals surface area contributed by atoms with Crippen molar-refractivity contribution in [2.45, 2.75) is 25.6 Å². The van der Waals surface area contributed by atoms with Crippen LogP contribution >= 0.6 is 23.4 Å². The molecule has 1 amide bonds. The minimum atomic E-state index is -0.228. The molecule has 1 N–H and O–H groups in total. The van der Waals surface area contributed by atoms with Crippen LogP contribution in [0.5, 0.6) is 17.2 Å². The summed E-state index contributed by atoms with van der Waals surface area (Å²) in [6.45, 7) is 4.33. The molecule has 0 bridgehead atoms. The second kappa shape index (κ2) is 10.6. The predicted molar refractivity (Wildman–Crippen MR) is 125 cm³/mol. The molecule has 170 valence electrons. The lowest BCUT2D eigenvalue weighted by molar-refractivity contribution is -0.113. The average Bonchev–Trinajstić information content (AvgIpc) is 3.10. The molecular weight excluding hydrogens is 452 g/mol. The first kappa shape index (κ1) is 23.7. The highest BCUT2D eigenvalue weighted by atomic mass is 35.5. The number of hydrogen-bond acceptors (Lipinski definition) is 7. The number of nitrogens with zero attached hydrogens (tertiary/aromatic N) is 3. The largest absolute Gasteiger partial charge is 0.495 e. The third-order valence-electron chi connectivity index (χ3n) is 4.57. The molecule has 3 aromatic rings. The summed E-state index contributed by atoms with van der Waals surface area (Å²) in [6, 6.07) is 9.25. The second-order valence-electron chi connectivity index (χ2n) is 7.09. The number of benzene rings is 2. The Morgan fingerprint density at radius 2 is 1.75 bits per heavy atom. The van der Waals surface area contributed by atoms with E-state index >= 15 is 0 Å². The second-order valence-corrected chi connectivity index (χ2v) is 8.44. The first-order chi connectivity index (χ1) is 15.3. The summed E-state index contributed by atoms with van der Waals surface area (Å²) in [5.74, 6) is 2.24. The molecule has 0 atom stereocenters. The monoisotopic (exact) mass is 476 g/mol. The smallest absolute Gasteiger partial charge is 0.234 e. The van der Waals surface area contributed by atoms with Crippen molar-refractivity contribution < 1.29 is 19.0 Å². The van der Waals surface area contributed by atoms with Crippen molar-refractivity contribution in [1.29, 1.82) is 0 Å². The zero-order valence-electron chi connectivity index (χ0n) is 18.6. The molecule has 0 saturated carbocycles. The number of anilines is 1. The Morgan fingerprint density at radius 1 is 1.06 bits per heavy atom. The highest BCUT2D eigenvalue weighted by molar-refractivity contribution is 7.99. The molecule has 8 nitrogen and oxygen atoms in total. The molecule has 0 aliphatic rings. The fraction of sp³-hybridized carbons (Fsp3) is 0.318. The Hall–Kier alpha value is -2.91. The van der Waals surface area contributed by atoms with E-state index in [4.69, 9.17) is 25.8 Å². The van der Waals surface area contributed by atoms with Crippen molar-refractivity contribution in [1.82, 2.24) is 14.8 Å². The summed E-state index contributed by atoms with van der Waals surface area (Å²) in [7, 11) is 4.85. The van der Waals surface area contributed by atoms with E-state index in [9.17, 15) is 4.79 Å². The summed E-state index contributed by atoms with van der Waals surface area (Å²) >= 11 is 7.38. The Kier molecular flexibility index (Phi) is 7.87. The van der Waals surface area contributed by atoms with Crippen LogP contribution in [0, 0.1) is 13.8 Å². The number of thioether (sulfide) groups is 1. The van der Waals surface area contributed by atoms with E-state index in [1.54, 1.807) is 12.1 Å². The van der Waals surface area contributed by atoms with Gasteiger partial charge in [-0.25, -0.2) is 0 Å².